The van der Waals surface area contributed by atoms with E-state index in [1.165, 1.54) is 19.1 Å². The minimum absolute atomic E-state index is 0.0282. The van der Waals surface area contributed by atoms with Gasteiger partial charge in [-0.25, -0.2) is 4.39 Å². The monoisotopic (exact) mass is 367 g/mol. The number of carbonyl (C=O) groups excluding carboxylic acids is 2. The molecule has 1 amide bonds. The fourth-order valence-electron chi connectivity index (χ4n) is 2.34. The molecule has 1 unspecified atom stereocenters. The zero-order valence-electron chi connectivity index (χ0n) is 14.4. The second-order valence-electron chi connectivity index (χ2n) is 5.70. The lowest BCUT2D eigenvalue weighted by Crippen LogP contribution is -2.30. The van der Waals surface area contributed by atoms with E-state index in [2.05, 4.69) is 10.4 Å². The van der Waals surface area contributed by atoms with Crippen molar-refractivity contribution in [1.82, 2.24) is 9.78 Å². The molecule has 134 valence electrons. The number of hydrogen-bond acceptors (Lipinski definition) is 4. The number of carbonyl (C=O) groups is 2. The molecule has 0 aliphatic carbocycles. The van der Waals surface area contributed by atoms with Crippen molar-refractivity contribution >= 4 is 29.2 Å². The predicted molar refractivity (Wildman–Crippen MR) is 92.0 cm³/mol. The van der Waals surface area contributed by atoms with Crippen LogP contribution in [-0.4, -0.2) is 27.8 Å². The van der Waals surface area contributed by atoms with Gasteiger partial charge in [0.15, 0.2) is 6.10 Å². The summed E-state index contributed by atoms with van der Waals surface area (Å²) in [6.45, 7) is 5.12. The Balaban J connectivity index is 1.97. The van der Waals surface area contributed by atoms with Gasteiger partial charge in [-0.1, -0.05) is 11.6 Å². The smallest absolute Gasteiger partial charge is 0.311 e. The first-order valence-corrected chi connectivity index (χ1v) is 8.01. The molecule has 8 heteroatoms. The zero-order valence-corrected chi connectivity index (χ0v) is 15.1. The van der Waals surface area contributed by atoms with Crippen molar-refractivity contribution in [3.8, 4) is 0 Å². The molecule has 25 heavy (non-hydrogen) atoms. The number of nitrogens with zero attached hydrogens (tertiary/aromatic N) is 2. The van der Waals surface area contributed by atoms with Crippen LogP contribution in [0.2, 0.25) is 5.02 Å². The van der Waals surface area contributed by atoms with Crippen LogP contribution in [-0.2, 0) is 27.8 Å². The molecule has 2 aromatic rings. The Labute approximate surface area is 149 Å². The molecule has 1 N–H and O–H groups in total. The summed E-state index contributed by atoms with van der Waals surface area (Å²) < 4.78 is 19.9. The van der Waals surface area contributed by atoms with Crippen LogP contribution in [0.4, 0.5) is 10.1 Å². The summed E-state index contributed by atoms with van der Waals surface area (Å²) in [5.74, 6) is -1.60. The molecule has 0 saturated carbocycles. The largest absolute Gasteiger partial charge is 0.452 e. The van der Waals surface area contributed by atoms with Crippen molar-refractivity contribution in [2.45, 2.75) is 33.3 Å². The first-order valence-electron chi connectivity index (χ1n) is 7.63. The summed E-state index contributed by atoms with van der Waals surface area (Å²) in [4.78, 5) is 24.2. The van der Waals surface area contributed by atoms with E-state index in [0.29, 0.717) is 0 Å². The number of nitrogens with one attached hydrogen (secondary N) is 1. The molecule has 6 nitrogen and oxygen atoms in total. The highest BCUT2D eigenvalue weighted by Gasteiger charge is 2.21. The molecule has 2 rings (SSSR count). The molecule has 0 radical (unpaired) electrons. The maximum absolute atomic E-state index is 13.0. The molecule has 0 fully saturated rings. The van der Waals surface area contributed by atoms with Crippen LogP contribution in [0.15, 0.2) is 18.2 Å². The summed E-state index contributed by atoms with van der Waals surface area (Å²) in [7, 11) is 1.79. The lowest BCUT2D eigenvalue weighted by Gasteiger charge is -2.14. The summed E-state index contributed by atoms with van der Waals surface area (Å²) in [5.41, 5.74) is 2.63. The second-order valence-corrected chi connectivity index (χ2v) is 6.10. The summed E-state index contributed by atoms with van der Waals surface area (Å²) in [6.07, 6.45) is -0.994. The Morgan fingerprint density at radius 3 is 2.64 bits per heavy atom. The number of amides is 1. The van der Waals surface area contributed by atoms with Crippen LogP contribution >= 0.6 is 11.6 Å². The van der Waals surface area contributed by atoms with E-state index in [4.69, 9.17) is 16.3 Å². The van der Waals surface area contributed by atoms with Crippen LogP contribution in [0.25, 0.3) is 0 Å². The standard InChI is InChI=1S/C17H19ClFN3O3/c1-9-13(10(2)22(4)21-9)8-16(23)25-11(3)17(24)20-15-6-5-12(19)7-14(15)18/h5-7,11H,8H2,1-4H3,(H,20,24). The van der Waals surface area contributed by atoms with Crippen LogP contribution in [0.3, 0.4) is 0 Å². The highest BCUT2D eigenvalue weighted by molar-refractivity contribution is 6.33. The van der Waals surface area contributed by atoms with E-state index in [-0.39, 0.29) is 17.1 Å². The van der Waals surface area contributed by atoms with Crippen LogP contribution in [0, 0.1) is 19.7 Å². The lowest BCUT2D eigenvalue weighted by molar-refractivity contribution is -0.152. The molecule has 0 spiro atoms. The number of hydrogen-bond donors (Lipinski definition) is 1. The van der Waals surface area contributed by atoms with E-state index in [9.17, 15) is 14.0 Å². The van der Waals surface area contributed by atoms with Crippen molar-refractivity contribution in [2.24, 2.45) is 7.05 Å². The number of aryl methyl sites for hydroxylation is 2. The van der Waals surface area contributed by atoms with Crippen LogP contribution < -0.4 is 5.32 Å². The molecule has 1 aromatic carbocycles. The van der Waals surface area contributed by atoms with Gasteiger partial charge in [-0.3, -0.25) is 14.3 Å². The quantitative estimate of drug-likeness (QED) is 0.824. The number of aromatic nitrogens is 2. The Morgan fingerprint density at radius 2 is 2.08 bits per heavy atom. The fraction of sp³-hybridized carbons (Fsp3) is 0.353. The predicted octanol–water partition coefficient (Wildman–Crippen LogP) is 2.94. The highest BCUT2D eigenvalue weighted by atomic mass is 35.5. The van der Waals surface area contributed by atoms with E-state index in [1.807, 2.05) is 13.8 Å². The highest BCUT2D eigenvalue weighted by Crippen LogP contribution is 2.22. The number of ether oxygens (including phenoxy) is 1. The summed E-state index contributed by atoms with van der Waals surface area (Å²) in [5, 5.41) is 6.80. The maximum Gasteiger partial charge on any atom is 0.311 e. The number of esters is 1. The van der Waals surface area contributed by atoms with E-state index in [0.717, 1.165) is 23.0 Å². The minimum atomic E-state index is -1.02. The SMILES string of the molecule is Cc1nn(C)c(C)c1CC(=O)OC(C)C(=O)Nc1ccc(F)cc1Cl. The maximum atomic E-state index is 13.0. The Kier molecular flexibility index (Phi) is 5.79. The van der Waals surface area contributed by atoms with Crippen molar-refractivity contribution in [2.75, 3.05) is 5.32 Å². The van der Waals surface area contributed by atoms with Gasteiger partial charge < -0.3 is 10.1 Å². The Morgan fingerprint density at radius 1 is 1.40 bits per heavy atom. The molecule has 0 aliphatic heterocycles. The van der Waals surface area contributed by atoms with Gasteiger partial charge in [-0.2, -0.15) is 5.10 Å². The van der Waals surface area contributed by atoms with Gasteiger partial charge in [0.05, 0.1) is 22.8 Å². The van der Waals surface area contributed by atoms with E-state index >= 15 is 0 Å². The van der Waals surface area contributed by atoms with Gasteiger partial charge in [0.1, 0.15) is 5.82 Å². The number of benzene rings is 1. The van der Waals surface area contributed by atoms with Crippen molar-refractivity contribution in [3.05, 3.63) is 46.0 Å². The summed E-state index contributed by atoms with van der Waals surface area (Å²) in [6, 6.07) is 3.60. The molecule has 1 atom stereocenters. The van der Waals surface area contributed by atoms with E-state index in [1.54, 1.807) is 11.7 Å². The second kappa shape index (κ2) is 7.65. The van der Waals surface area contributed by atoms with Crippen molar-refractivity contribution < 1.29 is 18.7 Å². The van der Waals surface area contributed by atoms with Gasteiger partial charge in [-0.05, 0) is 39.0 Å². The number of halogens is 2. The Hall–Kier alpha value is -2.41. The molecule has 0 bridgehead atoms. The van der Waals surface area contributed by atoms with Crippen LogP contribution in [0.1, 0.15) is 23.9 Å². The molecular weight excluding hydrogens is 349 g/mol. The normalized spacial score (nSPS) is 11.9. The molecule has 0 aliphatic rings. The van der Waals surface area contributed by atoms with Gasteiger partial charge in [0.2, 0.25) is 0 Å². The Bertz CT molecular complexity index is 820. The van der Waals surface area contributed by atoms with Crippen LogP contribution in [0.5, 0.6) is 0 Å². The lowest BCUT2D eigenvalue weighted by atomic mass is 10.1. The number of rotatable bonds is 5. The van der Waals surface area contributed by atoms with Gasteiger partial charge >= 0.3 is 5.97 Å². The van der Waals surface area contributed by atoms with Gasteiger partial charge in [0.25, 0.3) is 5.91 Å². The van der Waals surface area contributed by atoms with E-state index < -0.39 is 23.8 Å². The zero-order chi connectivity index (χ0) is 18.7. The topological polar surface area (TPSA) is 73.2 Å². The molecule has 1 heterocycles. The number of anilines is 1. The van der Waals surface area contributed by atoms with Crippen molar-refractivity contribution in [1.29, 1.82) is 0 Å². The first kappa shape index (κ1) is 18.9. The molecular formula is C17H19ClFN3O3. The summed E-state index contributed by atoms with van der Waals surface area (Å²) >= 11 is 5.86. The van der Waals surface area contributed by atoms with Gasteiger partial charge in [0, 0.05) is 18.3 Å². The van der Waals surface area contributed by atoms with Crippen molar-refractivity contribution in [3.63, 3.8) is 0 Å². The molecule has 1 aromatic heterocycles. The third-order valence-corrected chi connectivity index (χ3v) is 4.16. The third kappa shape index (κ3) is 4.57. The minimum Gasteiger partial charge on any atom is -0.452 e. The fourth-order valence-corrected chi connectivity index (χ4v) is 2.55. The molecule has 0 saturated heterocycles. The average Bonchev–Trinajstić information content (AvgIpc) is 2.76. The first-order chi connectivity index (χ1) is 11.7. The van der Waals surface area contributed by atoms with Gasteiger partial charge in [-0.15, -0.1) is 0 Å². The third-order valence-electron chi connectivity index (χ3n) is 3.85. The average molecular weight is 368 g/mol.